The molecule has 2 rings (SSSR count). The first-order valence-electron chi connectivity index (χ1n) is 5.98. The molecule has 19 heavy (non-hydrogen) atoms. The van der Waals surface area contributed by atoms with E-state index in [2.05, 4.69) is 0 Å². The van der Waals surface area contributed by atoms with E-state index in [9.17, 15) is 12.8 Å². The summed E-state index contributed by atoms with van der Waals surface area (Å²) in [6, 6.07) is 3.60. The van der Waals surface area contributed by atoms with Crippen molar-refractivity contribution in [2.24, 2.45) is 0 Å². The Hall–Kier alpha value is -0.690. The van der Waals surface area contributed by atoms with Crippen LogP contribution in [0.2, 0.25) is 5.02 Å². The minimum atomic E-state index is -3.95. The molecule has 1 saturated heterocycles. The third-order valence-corrected chi connectivity index (χ3v) is 5.63. The number of hydrogen-bond acceptors (Lipinski definition) is 3. The number of hydrogen-bond donors (Lipinski definition) is 0. The van der Waals surface area contributed by atoms with E-state index in [1.807, 2.05) is 0 Å². The molecule has 0 saturated carbocycles. The topological polar surface area (TPSA) is 46.6 Å². The molecule has 7 heteroatoms. The van der Waals surface area contributed by atoms with Crippen LogP contribution in [0.4, 0.5) is 4.39 Å². The highest BCUT2D eigenvalue weighted by molar-refractivity contribution is 7.89. The zero-order valence-corrected chi connectivity index (χ0v) is 12.0. The molecule has 1 heterocycles. The zero-order chi connectivity index (χ0) is 14.0. The molecule has 0 radical (unpaired) electrons. The van der Waals surface area contributed by atoms with Crippen molar-refractivity contribution < 1.29 is 17.5 Å². The van der Waals surface area contributed by atoms with Crippen LogP contribution in [0.5, 0.6) is 0 Å². The number of sulfonamides is 1. The van der Waals surface area contributed by atoms with Crippen LogP contribution in [0.25, 0.3) is 0 Å². The summed E-state index contributed by atoms with van der Waals surface area (Å²) in [6.45, 7) is 2.78. The number of benzene rings is 1. The largest absolute Gasteiger partial charge is 0.380 e. The van der Waals surface area contributed by atoms with Crippen molar-refractivity contribution in [2.75, 3.05) is 19.8 Å². The number of ether oxygens (including phenoxy) is 1. The van der Waals surface area contributed by atoms with E-state index in [1.165, 1.54) is 16.4 Å². The van der Waals surface area contributed by atoms with Gasteiger partial charge in [0.2, 0.25) is 10.0 Å². The Kier molecular flexibility index (Phi) is 4.45. The molecule has 1 aliphatic heterocycles. The standard InChI is InChI=1S/C12H15ClFNO3S/c1-9-5-7-18-8-6-15(9)19(16,17)12-10(13)3-2-4-11(12)14/h2-4,9H,5-8H2,1H3/t9-/m1/s1. The maximum Gasteiger partial charge on any atom is 0.247 e. The smallest absolute Gasteiger partial charge is 0.247 e. The summed E-state index contributed by atoms with van der Waals surface area (Å²) in [4.78, 5) is -0.453. The first kappa shape index (κ1) is 14.7. The molecule has 1 fully saturated rings. The minimum Gasteiger partial charge on any atom is -0.380 e. The summed E-state index contributed by atoms with van der Waals surface area (Å²) in [6.07, 6.45) is 0.575. The third kappa shape index (κ3) is 2.91. The van der Waals surface area contributed by atoms with Gasteiger partial charge in [0.05, 0.1) is 11.6 Å². The zero-order valence-electron chi connectivity index (χ0n) is 10.5. The minimum absolute atomic E-state index is 0.0997. The Morgan fingerprint density at radius 1 is 1.42 bits per heavy atom. The van der Waals surface area contributed by atoms with Gasteiger partial charge in [-0.2, -0.15) is 4.31 Å². The summed E-state index contributed by atoms with van der Waals surface area (Å²) >= 11 is 5.84. The molecule has 1 aromatic carbocycles. The maximum atomic E-state index is 13.8. The van der Waals surface area contributed by atoms with Crippen LogP contribution in [0.1, 0.15) is 13.3 Å². The number of rotatable bonds is 2. The average Bonchev–Trinajstić information content (AvgIpc) is 2.53. The Morgan fingerprint density at radius 3 is 2.84 bits per heavy atom. The van der Waals surface area contributed by atoms with Crippen LogP contribution in [0, 0.1) is 5.82 Å². The molecule has 0 amide bonds. The highest BCUT2D eigenvalue weighted by atomic mass is 35.5. The Labute approximate surface area is 117 Å². The summed E-state index contributed by atoms with van der Waals surface area (Å²) in [5.74, 6) is -0.829. The van der Waals surface area contributed by atoms with Crippen molar-refractivity contribution in [1.82, 2.24) is 4.31 Å². The number of nitrogens with zero attached hydrogens (tertiary/aromatic N) is 1. The molecular weight excluding hydrogens is 293 g/mol. The number of halogens is 2. The lowest BCUT2D eigenvalue weighted by Gasteiger charge is -2.26. The molecule has 0 bridgehead atoms. The molecule has 0 spiro atoms. The third-order valence-electron chi connectivity index (χ3n) is 3.11. The fraction of sp³-hybridized carbons (Fsp3) is 0.500. The molecule has 106 valence electrons. The van der Waals surface area contributed by atoms with Crippen LogP contribution < -0.4 is 0 Å². The van der Waals surface area contributed by atoms with Gasteiger partial charge >= 0.3 is 0 Å². The SMILES string of the molecule is C[C@@H]1CCOCCN1S(=O)(=O)c1c(F)cccc1Cl. The van der Waals surface area contributed by atoms with Crippen LogP contribution in [0.15, 0.2) is 23.1 Å². The molecule has 1 atom stereocenters. The lowest BCUT2D eigenvalue weighted by atomic mass is 10.2. The normalized spacial score (nSPS) is 22.2. The van der Waals surface area contributed by atoms with Crippen LogP contribution in [-0.4, -0.2) is 38.5 Å². The van der Waals surface area contributed by atoms with Crippen molar-refractivity contribution in [2.45, 2.75) is 24.3 Å². The summed E-state index contributed by atoms with van der Waals surface area (Å²) < 4.78 is 45.4. The summed E-state index contributed by atoms with van der Waals surface area (Å²) in [7, 11) is -3.95. The van der Waals surface area contributed by atoms with Crippen molar-refractivity contribution in [1.29, 1.82) is 0 Å². The quantitative estimate of drug-likeness (QED) is 0.842. The van der Waals surface area contributed by atoms with Gasteiger partial charge in [-0.15, -0.1) is 0 Å². The van der Waals surface area contributed by atoms with Crippen LogP contribution in [-0.2, 0) is 14.8 Å². The monoisotopic (exact) mass is 307 g/mol. The van der Waals surface area contributed by atoms with Gasteiger partial charge in [0.1, 0.15) is 10.7 Å². The van der Waals surface area contributed by atoms with E-state index in [1.54, 1.807) is 6.92 Å². The molecule has 0 aliphatic carbocycles. The van der Waals surface area contributed by atoms with Gasteiger partial charge in [-0.25, -0.2) is 12.8 Å². The molecule has 0 unspecified atom stereocenters. The van der Waals surface area contributed by atoms with Crippen molar-refractivity contribution in [3.8, 4) is 0 Å². The molecule has 1 aliphatic rings. The highest BCUT2D eigenvalue weighted by Crippen LogP contribution is 2.29. The Morgan fingerprint density at radius 2 is 2.16 bits per heavy atom. The average molecular weight is 308 g/mol. The second kappa shape index (κ2) is 5.75. The van der Waals surface area contributed by atoms with E-state index < -0.39 is 20.7 Å². The predicted octanol–water partition coefficient (Wildman–Crippen LogP) is 2.28. The van der Waals surface area contributed by atoms with Crippen LogP contribution >= 0.6 is 11.6 Å². The second-order valence-electron chi connectivity index (χ2n) is 4.42. The van der Waals surface area contributed by atoms with E-state index in [0.29, 0.717) is 19.6 Å². The first-order valence-corrected chi connectivity index (χ1v) is 7.80. The van der Waals surface area contributed by atoms with Gasteiger partial charge < -0.3 is 4.74 Å². The summed E-state index contributed by atoms with van der Waals surface area (Å²) in [5, 5.41) is -0.0997. The Bertz CT molecular complexity index is 544. The van der Waals surface area contributed by atoms with Crippen molar-refractivity contribution in [3.63, 3.8) is 0 Å². The predicted molar refractivity (Wildman–Crippen MR) is 70.2 cm³/mol. The van der Waals surface area contributed by atoms with Gasteiger partial charge in [-0.1, -0.05) is 17.7 Å². The molecular formula is C12H15ClFNO3S. The van der Waals surface area contributed by atoms with E-state index >= 15 is 0 Å². The van der Waals surface area contributed by atoms with Crippen molar-refractivity contribution >= 4 is 21.6 Å². The van der Waals surface area contributed by atoms with E-state index in [4.69, 9.17) is 16.3 Å². The highest BCUT2D eigenvalue weighted by Gasteiger charge is 2.33. The second-order valence-corrected chi connectivity index (χ2v) is 6.65. The molecule has 1 aromatic rings. The molecule has 0 aromatic heterocycles. The van der Waals surface area contributed by atoms with Gasteiger partial charge in [0, 0.05) is 19.2 Å². The van der Waals surface area contributed by atoms with Crippen molar-refractivity contribution in [3.05, 3.63) is 29.0 Å². The summed E-state index contributed by atoms with van der Waals surface area (Å²) in [5.41, 5.74) is 0. The lowest BCUT2D eigenvalue weighted by Crippen LogP contribution is -2.39. The molecule has 0 N–H and O–H groups in total. The van der Waals surface area contributed by atoms with Gasteiger partial charge in [0.15, 0.2) is 0 Å². The van der Waals surface area contributed by atoms with Crippen LogP contribution in [0.3, 0.4) is 0 Å². The maximum absolute atomic E-state index is 13.8. The Balaban J connectivity index is 2.46. The fourth-order valence-electron chi connectivity index (χ4n) is 2.08. The van der Waals surface area contributed by atoms with Gasteiger partial charge in [0.25, 0.3) is 0 Å². The lowest BCUT2D eigenvalue weighted by molar-refractivity contribution is 0.148. The van der Waals surface area contributed by atoms with E-state index in [-0.39, 0.29) is 17.6 Å². The van der Waals surface area contributed by atoms with E-state index in [0.717, 1.165) is 6.07 Å². The van der Waals surface area contributed by atoms with Gasteiger partial charge in [-0.05, 0) is 25.5 Å². The molecule has 4 nitrogen and oxygen atoms in total. The van der Waals surface area contributed by atoms with Gasteiger partial charge in [-0.3, -0.25) is 0 Å². The first-order chi connectivity index (χ1) is 8.94. The fourth-order valence-corrected chi connectivity index (χ4v) is 4.29.